The molecule has 1 atom stereocenters. The molecule has 4 rings (SSSR count). The van der Waals surface area contributed by atoms with E-state index in [0.717, 1.165) is 47.5 Å². The summed E-state index contributed by atoms with van der Waals surface area (Å²) < 4.78 is 29.3. The molecule has 0 heterocycles. The smallest absolute Gasteiger partial charge is 0.264 e. The number of anilines is 1. The van der Waals surface area contributed by atoms with Gasteiger partial charge in [0.2, 0.25) is 11.8 Å². The maximum absolute atomic E-state index is 14.2. The van der Waals surface area contributed by atoms with E-state index in [-0.39, 0.29) is 29.3 Å². The Labute approximate surface area is 271 Å². The van der Waals surface area contributed by atoms with Gasteiger partial charge in [0.25, 0.3) is 10.0 Å². The van der Waals surface area contributed by atoms with E-state index in [4.69, 9.17) is 23.2 Å². The third kappa shape index (κ3) is 8.34. The maximum atomic E-state index is 14.2. The second kappa shape index (κ2) is 14.8. The van der Waals surface area contributed by atoms with Gasteiger partial charge < -0.3 is 10.2 Å². The summed E-state index contributed by atoms with van der Waals surface area (Å²) in [6, 6.07) is 17.8. The van der Waals surface area contributed by atoms with Gasteiger partial charge in [-0.2, -0.15) is 0 Å². The molecule has 3 aromatic rings. The van der Waals surface area contributed by atoms with Crippen LogP contribution < -0.4 is 9.62 Å². The number of halogens is 2. The Kier molecular flexibility index (Phi) is 11.4. The van der Waals surface area contributed by atoms with Crippen LogP contribution in [0, 0.1) is 6.92 Å². The average molecular weight is 659 g/mol. The molecule has 2 amide bonds. The molecule has 3 aromatic carbocycles. The van der Waals surface area contributed by atoms with Crippen molar-refractivity contribution < 1.29 is 18.0 Å². The molecule has 1 aliphatic rings. The minimum Gasteiger partial charge on any atom is -0.352 e. The number of nitrogens with zero attached hydrogens (tertiary/aromatic N) is 2. The van der Waals surface area contributed by atoms with E-state index in [0.29, 0.717) is 21.3 Å². The molecule has 0 spiro atoms. The first-order valence-electron chi connectivity index (χ1n) is 15.1. The van der Waals surface area contributed by atoms with Gasteiger partial charge in [0.1, 0.15) is 12.6 Å². The molecule has 0 aromatic heterocycles. The number of sulfonamides is 1. The molecule has 0 saturated heterocycles. The highest BCUT2D eigenvalue weighted by Crippen LogP contribution is 2.28. The second-order valence-corrected chi connectivity index (χ2v) is 14.6. The lowest BCUT2D eigenvalue weighted by Crippen LogP contribution is -2.53. The first-order chi connectivity index (χ1) is 20.9. The van der Waals surface area contributed by atoms with E-state index in [1.165, 1.54) is 17.0 Å². The lowest BCUT2D eigenvalue weighted by atomic mass is 9.95. The van der Waals surface area contributed by atoms with Crippen LogP contribution in [0.2, 0.25) is 10.0 Å². The average Bonchev–Trinajstić information content (AvgIpc) is 2.99. The zero-order valence-corrected chi connectivity index (χ0v) is 28.1. The van der Waals surface area contributed by atoms with Crippen LogP contribution in [-0.4, -0.2) is 43.8 Å². The first-order valence-corrected chi connectivity index (χ1v) is 17.3. The van der Waals surface area contributed by atoms with Gasteiger partial charge in [-0.15, -0.1) is 0 Å². The van der Waals surface area contributed by atoms with Crippen LogP contribution in [0.1, 0.15) is 75.5 Å². The minimum absolute atomic E-state index is 0.00119. The number of carbonyl (C=O) groups excluding carboxylic acids is 2. The summed E-state index contributed by atoms with van der Waals surface area (Å²) in [7, 11) is -4.15. The van der Waals surface area contributed by atoms with Gasteiger partial charge in [0.15, 0.2) is 0 Å². The molecule has 1 N–H and O–H groups in total. The van der Waals surface area contributed by atoms with Gasteiger partial charge in [0.05, 0.1) is 10.6 Å². The monoisotopic (exact) mass is 657 g/mol. The normalized spacial score (nSPS) is 14.7. The molecular weight excluding hydrogens is 617 g/mol. The lowest BCUT2D eigenvalue weighted by molar-refractivity contribution is -0.139. The summed E-state index contributed by atoms with van der Waals surface area (Å²) in [5.74, 6) is -0.577. The molecule has 1 aliphatic carbocycles. The van der Waals surface area contributed by atoms with Gasteiger partial charge in [-0.1, -0.05) is 92.2 Å². The van der Waals surface area contributed by atoms with Crippen LogP contribution in [0.15, 0.2) is 71.6 Å². The van der Waals surface area contributed by atoms with Crippen molar-refractivity contribution in [2.45, 2.75) is 89.2 Å². The Bertz CT molecular complexity index is 1550. The third-order valence-electron chi connectivity index (χ3n) is 8.21. The molecule has 44 heavy (non-hydrogen) atoms. The maximum Gasteiger partial charge on any atom is 0.264 e. The molecule has 0 aliphatic heterocycles. The van der Waals surface area contributed by atoms with Crippen LogP contribution in [0.3, 0.4) is 0 Å². The van der Waals surface area contributed by atoms with Crippen molar-refractivity contribution in [1.29, 1.82) is 0 Å². The van der Waals surface area contributed by atoms with E-state index < -0.39 is 28.5 Å². The summed E-state index contributed by atoms with van der Waals surface area (Å²) in [6.07, 6.45) is 5.02. The van der Waals surface area contributed by atoms with Crippen LogP contribution in [0.25, 0.3) is 0 Å². The molecule has 0 radical (unpaired) electrons. The number of hydrogen-bond donors (Lipinski definition) is 1. The van der Waals surface area contributed by atoms with Crippen LogP contribution in [0.4, 0.5) is 5.69 Å². The number of hydrogen-bond acceptors (Lipinski definition) is 4. The van der Waals surface area contributed by atoms with Crippen molar-refractivity contribution in [2.24, 2.45) is 0 Å². The van der Waals surface area contributed by atoms with E-state index in [9.17, 15) is 18.0 Å². The van der Waals surface area contributed by atoms with Gasteiger partial charge in [0, 0.05) is 22.6 Å². The van der Waals surface area contributed by atoms with Crippen molar-refractivity contribution in [2.75, 3.05) is 10.8 Å². The predicted octanol–water partition coefficient (Wildman–Crippen LogP) is 7.49. The first kappa shape index (κ1) is 33.8. The van der Waals surface area contributed by atoms with Gasteiger partial charge in [-0.25, -0.2) is 8.42 Å². The fraction of sp³-hybridized carbons (Fsp3) is 0.412. The summed E-state index contributed by atoms with van der Waals surface area (Å²) in [5.41, 5.74) is 2.90. The minimum atomic E-state index is -4.15. The van der Waals surface area contributed by atoms with Crippen molar-refractivity contribution in [3.63, 3.8) is 0 Å². The van der Waals surface area contributed by atoms with Gasteiger partial charge in [-0.3, -0.25) is 13.9 Å². The van der Waals surface area contributed by atoms with Crippen molar-refractivity contribution in [3.8, 4) is 0 Å². The molecule has 1 saturated carbocycles. The van der Waals surface area contributed by atoms with Crippen molar-refractivity contribution in [3.05, 3.63) is 93.5 Å². The van der Waals surface area contributed by atoms with Gasteiger partial charge in [-0.05, 0) is 80.1 Å². The van der Waals surface area contributed by atoms with E-state index in [1.54, 1.807) is 49.4 Å². The summed E-state index contributed by atoms with van der Waals surface area (Å²) in [4.78, 5) is 29.2. The molecule has 0 unspecified atom stereocenters. The standard InChI is InChI=1S/C34H41Cl2N3O4S/c1-23(2)26-13-16-30(17-14-26)39(44(42,43)31-18-10-24(3)11-19-31)22-33(40)38(21-27-12-15-28(35)20-32(27)36)25(4)34(41)37-29-8-6-5-7-9-29/h10-20,23,25,29H,5-9,21-22H2,1-4H3,(H,37,41)/t25-/m1/s1. The number of carbonyl (C=O) groups is 2. The van der Waals surface area contributed by atoms with Crippen LogP contribution >= 0.6 is 23.2 Å². The summed E-state index contributed by atoms with van der Waals surface area (Å²) >= 11 is 12.6. The largest absolute Gasteiger partial charge is 0.352 e. The molecule has 7 nitrogen and oxygen atoms in total. The highest BCUT2D eigenvalue weighted by atomic mass is 35.5. The number of aryl methyl sites for hydroxylation is 1. The number of benzene rings is 3. The molecule has 0 bridgehead atoms. The number of amides is 2. The van der Waals surface area contributed by atoms with Crippen molar-refractivity contribution in [1.82, 2.24) is 10.2 Å². The number of rotatable bonds is 11. The molecule has 1 fully saturated rings. The topological polar surface area (TPSA) is 86.8 Å². The van der Waals surface area contributed by atoms with E-state index in [2.05, 4.69) is 19.2 Å². The van der Waals surface area contributed by atoms with E-state index in [1.807, 2.05) is 19.1 Å². The predicted molar refractivity (Wildman–Crippen MR) is 178 cm³/mol. The zero-order chi connectivity index (χ0) is 32.0. The molecule has 10 heteroatoms. The quantitative estimate of drug-likeness (QED) is 0.231. The second-order valence-electron chi connectivity index (χ2n) is 11.8. The van der Waals surface area contributed by atoms with E-state index >= 15 is 0 Å². The Morgan fingerprint density at radius 1 is 0.909 bits per heavy atom. The molecular formula is C34H41Cl2N3O4S. The summed E-state index contributed by atoms with van der Waals surface area (Å²) in [6.45, 7) is 7.14. The van der Waals surface area contributed by atoms with Gasteiger partial charge >= 0.3 is 0 Å². The Hall–Kier alpha value is -3.07. The Morgan fingerprint density at radius 2 is 1.55 bits per heavy atom. The molecule has 236 valence electrons. The van der Waals surface area contributed by atoms with Crippen LogP contribution in [0.5, 0.6) is 0 Å². The fourth-order valence-electron chi connectivity index (χ4n) is 5.38. The summed E-state index contributed by atoms with van der Waals surface area (Å²) in [5, 5.41) is 3.90. The third-order valence-corrected chi connectivity index (χ3v) is 10.6. The highest BCUT2D eigenvalue weighted by Gasteiger charge is 2.33. The lowest BCUT2D eigenvalue weighted by Gasteiger charge is -2.33. The van der Waals surface area contributed by atoms with Crippen LogP contribution in [-0.2, 0) is 26.2 Å². The fourth-order valence-corrected chi connectivity index (χ4v) is 7.26. The highest BCUT2D eigenvalue weighted by molar-refractivity contribution is 7.92. The SMILES string of the molecule is Cc1ccc(S(=O)(=O)N(CC(=O)N(Cc2ccc(Cl)cc2Cl)[C@H](C)C(=O)NC2CCCCC2)c2ccc(C(C)C)cc2)cc1. The Morgan fingerprint density at radius 3 is 2.14 bits per heavy atom. The number of nitrogens with one attached hydrogen (secondary N) is 1. The zero-order valence-electron chi connectivity index (χ0n) is 25.7. The Balaban J connectivity index is 1.71. The van der Waals surface area contributed by atoms with Crippen molar-refractivity contribution >= 4 is 50.7 Å².